The number of nitrogens with zero attached hydrogens (tertiary/aromatic N) is 1. The third kappa shape index (κ3) is 2.82. The molecular formula is C14H16BrFN2. The lowest BCUT2D eigenvalue weighted by Gasteiger charge is -2.15. The number of nitrogens with one attached hydrogen (secondary N) is 1. The van der Waals surface area contributed by atoms with E-state index >= 15 is 0 Å². The van der Waals surface area contributed by atoms with Crippen LogP contribution in [0.4, 0.5) is 4.39 Å². The SMILES string of the molecule is CNC(C)c1cccn1Cc1ccc(F)c(Br)c1. The van der Waals surface area contributed by atoms with Gasteiger partial charge in [0.25, 0.3) is 0 Å². The van der Waals surface area contributed by atoms with E-state index in [0.29, 0.717) is 10.5 Å². The molecule has 1 aromatic heterocycles. The van der Waals surface area contributed by atoms with E-state index in [0.717, 1.165) is 12.1 Å². The number of benzene rings is 1. The monoisotopic (exact) mass is 310 g/mol. The molecule has 18 heavy (non-hydrogen) atoms. The first-order chi connectivity index (χ1) is 8.61. The van der Waals surface area contributed by atoms with Crippen LogP contribution in [0.2, 0.25) is 0 Å². The van der Waals surface area contributed by atoms with Crippen molar-refractivity contribution < 1.29 is 4.39 Å². The highest BCUT2D eigenvalue weighted by Crippen LogP contribution is 2.19. The molecule has 2 aromatic rings. The van der Waals surface area contributed by atoms with Crippen LogP contribution in [-0.2, 0) is 6.54 Å². The minimum absolute atomic E-state index is 0.227. The first-order valence-corrected chi connectivity index (χ1v) is 6.67. The smallest absolute Gasteiger partial charge is 0.137 e. The molecule has 0 spiro atoms. The summed E-state index contributed by atoms with van der Waals surface area (Å²) in [7, 11) is 1.94. The van der Waals surface area contributed by atoms with Crippen LogP contribution in [0.5, 0.6) is 0 Å². The van der Waals surface area contributed by atoms with Crippen LogP contribution in [0.1, 0.15) is 24.2 Å². The van der Waals surface area contributed by atoms with Crippen molar-refractivity contribution in [3.05, 3.63) is 58.1 Å². The standard InChI is InChI=1S/C14H16BrFN2/c1-10(17-2)14-4-3-7-18(14)9-11-5-6-13(16)12(15)8-11/h3-8,10,17H,9H2,1-2H3. The Labute approximate surface area is 115 Å². The van der Waals surface area contributed by atoms with Gasteiger partial charge >= 0.3 is 0 Å². The highest BCUT2D eigenvalue weighted by molar-refractivity contribution is 9.10. The second-order valence-electron chi connectivity index (χ2n) is 4.32. The quantitative estimate of drug-likeness (QED) is 0.910. The average Bonchev–Trinajstić information content (AvgIpc) is 2.81. The normalized spacial score (nSPS) is 12.7. The fourth-order valence-electron chi connectivity index (χ4n) is 1.95. The molecule has 0 saturated carbocycles. The summed E-state index contributed by atoms with van der Waals surface area (Å²) in [6.45, 7) is 2.86. The summed E-state index contributed by atoms with van der Waals surface area (Å²) in [5, 5.41) is 3.22. The number of hydrogen-bond acceptors (Lipinski definition) is 1. The van der Waals surface area contributed by atoms with Crippen LogP contribution in [0.3, 0.4) is 0 Å². The topological polar surface area (TPSA) is 17.0 Å². The van der Waals surface area contributed by atoms with E-state index in [9.17, 15) is 4.39 Å². The number of rotatable bonds is 4. The first-order valence-electron chi connectivity index (χ1n) is 5.88. The second kappa shape index (κ2) is 5.67. The molecule has 0 bridgehead atoms. The molecule has 4 heteroatoms. The molecule has 2 nitrogen and oxygen atoms in total. The Bertz CT molecular complexity index is 536. The Morgan fingerprint density at radius 1 is 1.39 bits per heavy atom. The van der Waals surface area contributed by atoms with Crippen LogP contribution in [-0.4, -0.2) is 11.6 Å². The van der Waals surface area contributed by atoms with Gasteiger partial charge in [-0.3, -0.25) is 0 Å². The van der Waals surface area contributed by atoms with Gasteiger partial charge in [0.05, 0.1) is 4.47 Å². The van der Waals surface area contributed by atoms with Crippen LogP contribution in [0, 0.1) is 5.82 Å². The number of halogens is 2. The number of hydrogen-bond donors (Lipinski definition) is 1. The van der Waals surface area contributed by atoms with E-state index in [1.165, 1.54) is 11.8 Å². The van der Waals surface area contributed by atoms with Gasteiger partial charge in [0.15, 0.2) is 0 Å². The molecule has 1 aromatic carbocycles. The minimum Gasteiger partial charge on any atom is -0.346 e. The van der Waals surface area contributed by atoms with Gasteiger partial charge in [0.1, 0.15) is 5.82 Å². The predicted octanol–water partition coefficient (Wildman–Crippen LogP) is 3.72. The molecule has 0 aliphatic heterocycles. The van der Waals surface area contributed by atoms with Crippen molar-refractivity contribution in [3.63, 3.8) is 0 Å². The third-order valence-corrected chi connectivity index (χ3v) is 3.69. The third-order valence-electron chi connectivity index (χ3n) is 3.08. The summed E-state index contributed by atoms with van der Waals surface area (Å²) in [4.78, 5) is 0. The molecule has 96 valence electrons. The Hall–Kier alpha value is -1.13. The summed E-state index contributed by atoms with van der Waals surface area (Å²) in [5.41, 5.74) is 2.29. The molecule has 0 radical (unpaired) electrons. The molecule has 1 atom stereocenters. The van der Waals surface area contributed by atoms with Gasteiger partial charge in [0, 0.05) is 24.5 Å². The lowest BCUT2D eigenvalue weighted by Crippen LogP contribution is -2.16. The molecule has 2 rings (SSSR count). The fourth-order valence-corrected chi connectivity index (χ4v) is 2.37. The maximum absolute atomic E-state index is 13.2. The molecule has 0 aliphatic rings. The zero-order valence-corrected chi connectivity index (χ0v) is 12.0. The van der Waals surface area contributed by atoms with Gasteiger partial charge in [-0.2, -0.15) is 0 Å². The molecule has 0 fully saturated rings. The summed E-state index contributed by atoms with van der Waals surface area (Å²) in [6.07, 6.45) is 2.04. The van der Waals surface area contributed by atoms with Crippen molar-refractivity contribution in [3.8, 4) is 0 Å². The van der Waals surface area contributed by atoms with E-state index in [2.05, 4.69) is 38.8 Å². The van der Waals surface area contributed by atoms with Crippen LogP contribution in [0.25, 0.3) is 0 Å². The van der Waals surface area contributed by atoms with E-state index in [1.807, 2.05) is 31.4 Å². The first kappa shape index (κ1) is 13.3. The highest BCUT2D eigenvalue weighted by Gasteiger charge is 2.08. The van der Waals surface area contributed by atoms with Crippen molar-refractivity contribution in [1.29, 1.82) is 0 Å². The van der Waals surface area contributed by atoms with E-state index in [-0.39, 0.29) is 5.82 Å². The van der Waals surface area contributed by atoms with Crippen molar-refractivity contribution in [2.24, 2.45) is 0 Å². The van der Waals surface area contributed by atoms with Crippen molar-refractivity contribution in [1.82, 2.24) is 9.88 Å². The molecule has 0 amide bonds. The van der Waals surface area contributed by atoms with Crippen molar-refractivity contribution >= 4 is 15.9 Å². The van der Waals surface area contributed by atoms with Crippen molar-refractivity contribution in [2.75, 3.05) is 7.05 Å². The average molecular weight is 311 g/mol. The lowest BCUT2D eigenvalue weighted by atomic mass is 10.2. The van der Waals surface area contributed by atoms with Crippen LogP contribution in [0.15, 0.2) is 41.0 Å². The minimum atomic E-state index is -0.227. The maximum atomic E-state index is 13.2. The van der Waals surface area contributed by atoms with Gasteiger partial charge < -0.3 is 9.88 Å². The van der Waals surface area contributed by atoms with E-state index in [4.69, 9.17) is 0 Å². The van der Waals surface area contributed by atoms with Crippen LogP contribution < -0.4 is 5.32 Å². The summed E-state index contributed by atoms with van der Waals surface area (Å²) >= 11 is 3.21. The summed E-state index contributed by atoms with van der Waals surface area (Å²) in [6, 6.07) is 9.55. The van der Waals surface area contributed by atoms with Crippen molar-refractivity contribution in [2.45, 2.75) is 19.5 Å². The number of aromatic nitrogens is 1. The largest absolute Gasteiger partial charge is 0.346 e. The van der Waals surface area contributed by atoms with Gasteiger partial charge in [-0.1, -0.05) is 6.07 Å². The Morgan fingerprint density at radius 2 is 2.17 bits per heavy atom. The summed E-state index contributed by atoms with van der Waals surface area (Å²) in [5.74, 6) is -0.227. The van der Waals surface area contributed by atoms with Gasteiger partial charge in [-0.15, -0.1) is 0 Å². The molecule has 1 heterocycles. The Balaban J connectivity index is 2.23. The molecule has 0 saturated heterocycles. The zero-order chi connectivity index (χ0) is 13.1. The maximum Gasteiger partial charge on any atom is 0.137 e. The predicted molar refractivity (Wildman–Crippen MR) is 75.1 cm³/mol. The zero-order valence-electron chi connectivity index (χ0n) is 10.5. The molecule has 1 N–H and O–H groups in total. The second-order valence-corrected chi connectivity index (χ2v) is 5.17. The van der Waals surface area contributed by atoms with Gasteiger partial charge in [-0.05, 0) is 59.7 Å². The van der Waals surface area contributed by atoms with Gasteiger partial charge in [0.2, 0.25) is 0 Å². The van der Waals surface area contributed by atoms with Gasteiger partial charge in [-0.25, -0.2) is 4.39 Å². The Morgan fingerprint density at radius 3 is 2.83 bits per heavy atom. The molecule has 0 aliphatic carbocycles. The fraction of sp³-hybridized carbons (Fsp3) is 0.286. The lowest BCUT2D eigenvalue weighted by molar-refractivity contribution is 0.588. The van der Waals surface area contributed by atoms with Crippen LogP contribution >= 0.6 is 15.9 Å². The molecule has 1 unspecified atom stereocenters. The highest BCUT2D eigenvalue weighted by atomic mass is 79.9. The molecular weight excluding hydrogens is 295 g/mol. The van der Waals surface area contributed by atoms with E-state index < -0.39 is 0 Å². The Kier molecular flexibility index (Phi) is 4.19. The van der Waals surface area contributed by atoms with E-state index in [1.54, 1.807) is 0 Å². The summed E-state index contributed by atoms with van der Waals surface area (Å²) < 4.78 is 15.9.